The van der Waals surface area contributed by atoms with Gasteiger partial charge in [0.25, 0.3) is 11.8 Å². The van der Waals surface area contributed by atoms with Crippen LogP contribution in [0.1, 0.15) is 117 Å². The Morgan fingerprint density at radius 2 is 0.922 bits per heavy atom. The van der Waals surface area contributed by atoms with Crippen molar-refractivity contribution in [2.45, 2.75) is 108 Å². The van der Waals surface area contributed by atoms with Crippen LogP contribution in [0.15, 0.2) is 178 Å². The Morgan fingerprint density at radius 3 is 1.36 bits per heavy atom. The molecule has 3 aliphatic carbocycles. The predicted molar refractivity (Wildman–Crippen MR) is 395 cm³/mol. The first-order valence-corrected chi connectivity index (χ1v) is 35.1. The zero-order chi connectivity index (χ0) is 72.8. The molecule has 0 bridgehead atoms. The lowest BCUT2D eigenvalue weighted by Gasteiger charge is -2.27. The number of alkyl carbamates (subject to hydrolysis) is 1. The number of amides is 11. The highest BCUT2D eigenvalue weighted by molar-refractivity contribution is 6.22. The van der Waals surface area contributed by atoms with Crippen molar-refractivity contribution >= 4 is 88.8 Å². The number of hydrogen-bond acceptors (Lipinski definition) is 15. The van der Waals surface area contributed by atoms with Gasteiger partial charge in [0.2, 0.25) is 29.8 Å². The second-order valence-electron chi connectivity index (χ2n) is 25.9. The van der Waals surface area contributed by atoms with Crippen molar-refractivity contribution in [3.63, 3.8) is 0 Å². The quantitative estimate of drug-likeness (QED) is 0.0223. The highest BCUT2D eigenvalue weighted by Gasteiger charge is 2.37. The molecule has 2 heterocycles. The van der Waals surface area contributed by atoms with Gasteiger partial charge in [-0.2, -0.15) is 10.2 Å². The maximum Gasteiger partial charge on any atom is 0.409 e. The molecule has 5 aliphatic rings. The standard InChI is InChI=1S/C46H50N8O6.C31H40N8O4/c1-3-32(26-49-53-45(58)48-25-29-21-23-31(24-22-29)43(56)47-2)50-40(55)27-54-39-20-12-11-19-37(39)41(30-13-5-4-6-14-30)51-42(44(54)57)52-46(59)60-28-38-35-17-9-7-15-33(35)34-16-8-10-18-36(34)38;1-3-23(18-35-38-31(43)34-17-20-13-15-22(16-14-20)29(41)33-2)36-26(40)19-39-25-12-8-7-11-24(25)27(37-28(32)30(39)42)21-9-5-4-6-10-21/h4-20,26,29,31-32,38,42H,3,21-25,27-28H2,1-2H3,(H,47,56)(H,50,55)(H,52,59)(H2,48,53,58);4-12,18,20,22-23,28H,3,13-17,19,32H2,1-2H3,(H,33,41)(H,36,40)(H2,34,38,43)/b49-26+;35-18+/t29?,31?,32-,42?;20?,22?,23-,28?/m00/s1. The van der Waals surface area contributed by atoms with E-state index in [1.807, 2.05) is 135 Å². The molecule has 103 heavy (non-hydrogen) atoms. The van der Waals surface area contributed by atoms with Gasteiger partial charge in [0.05, 0.1) is 34.9 Å². The second kappa shape index (κ2) is 36.3. The van der Waals surface area contributed by atoms with E-state index in [0.29, 0.717) is 65.8 Å². The summed E-state index contributed by atoms with van der Waals surface area (Å²) in [6.45, 7) is 4.08. The highest BCUT2D eigenvalue weighted by atomic mass is 16.5. The lowest BCUT2D eigenvalue weighted by atomic mass is 9.81. The average Bonchev–Trinajstić information content (AvgIpc) is 1.65. The maximum absolute atomic E-state index is 14.5. The number of nitrogens with zero attached hydrogens (tertiary/aromatic N) is 6. The number of benzene rings is 6. The summed E-state index contributed by atoms with van der Waals surface area (Å²) in [5.41, 5.74) is 20.2. The smallest absolute Gasteiger partial charge is 0.409 e. The third-order valence-corrected chi connectivity index (χ3v) is 19.2. The fraction of sp³-hybridized carbons (Fsp3) is 0.364. The average molecular weight is 1400 g/mol. The van der Waals surface area contributed by atoms with Gasteiger partial charge in [-0.1, -0.05) is 159 Å². The number of nitrogens with two attached hydrogens (primary N) is 1. The van der Waals surface area contributed by atoms with E-state index in [2.05, 4.69) is 75.4 Å². The molecule has 0 spiro atoms. The van der Waals surface area contributed by atoms with Gasteiger partial charge in [-0.05, 0) is 110 Å². The number of anilines is 2. The summed E-state index contributed by atoms with van der Waals surface area (Å²) in [6, 6.07) is 47.3. The molecule has 0 saturated heterocycles. The molecule has 11 N–H and O–H groups in total. The van der Waals surface area contributed by atoms with Gasteiger partial charge in [0.1, 0.15) is 19.7 Å². The number of nitrogens with one attached hydrogen (secondary N) is 9. The van der Waals surface area contributed by atoms with Gasteiger partial charge in [-0.3, -0.25) is 48.9 Å². The minimum atomic E-state index is -1.42. The molecule has 6 aromatic rings. The number of fused-ring (bicyclic) bond motifs is 5. The van der Waals surface area contributed by atoms with E-state index < -0.39 is 72.7 Å². The molecule has 0 aromatic heterocycles. The summed E-state index contributed by atoms with van der Waals surface area (Å²) in [5.74, 6) is -1.41. The van der Waals surface area contributed by atoms with Crippen molar-refractivity contribution in [1.29, 1.82) is 0 Å². The first-order chi connectivity index (χ1) is 50.0. The van der Waals surface area contributed by atoms with Crippen LogP contribution in [0.5, 0.6) is 0 Å². The highest BCUT2D eigenvalue weighted by Crippen LogP contribution is 2.45. The first-order valence-electron chi connectivity index (χ1n) is 35.1. The fourth-order valence-electron chi connectivity index (χ4n) is 13.6. The topological polar surface area (TPSA) is 353 Å². The number of ether oxygens (including phenoxy) is 1. The Morgan fingerprint density at radius 1 is 0.524 bits per heavy atom. The minimum absolute atomic E-state index is 0.0190. The zero-order valence-electron chi connectivity index (χ0n) is 58.3. The van der Waals surface area contributed by atoms with Crippen molar-refractivity contribution in [2.24, 2.45) is 49.6 Å². The van der Waals surface area contributed by atoms with Crippen molar-refractivity contribution in [2.75, 3.05) is 56.7 Å². The van der Waals surface area contributed by atoms with Gasteiger partial charge in [-0.25, -0.2) is 30.2 Å². The summed E-state index contributed by atoms with van der Waals surface area (Å²) >= 11 is 0. The number of hydrazone groups is 2. The molecule has 4 atom stereocenters. The molecule has 11 rings (SSSR count). The number of rotatable bonds is 23. The molecule has 6 aromatic carbocycles. The number of benzodiazepines with no additional fused rings is 2. The lowest BCUT2D eigenvalue weighted by molar-refractivity contribution is -0.126. The van der Waals surface area contributed by atoms with Crippen molar-refractivity contribution in [3.8, 4) is 11.1 Å². The molecule has 2 saturated carbocycles. The maximum atomic E-state index is 14.5. The van der Waals surface area contributed by atoms with Gasteiger partial charge in [0.15, 0.2) is 6.17 Å². The van der Waals surface area contributed by atoms with Crippen LogP contribution < -0.4 is 63.6 Å². The second-order valence-corrected chi connectivity index (χ2v) is 25.9. The van der Waals surface area contributed by atoms with E-state index >= 15 is 0 Å². The summed E-state index contributed by atoms with van der Waals surface area (Å²) in [7, 11) is 3.30. The molecule has 26 nitrogen and oxygen atoms in total. The monoisotopic (exact) mass is 1400 g/mol. The first kappa shape index (κ1) is 74.3. The molecule has 2 aliphatic heterocycles. The number of aliphatic imine (C=N–C) groups is 2. The van der Waals surface area contributed by atoms with Crippen LogP contribution in [-0.4, -0.2) is 149 Å². The van der Waals surface area contributed by atoms with E-state index in [4.69, 9.17) is 15.5 Å². The van der Waals surface area contributed by atoms with E-state index in [1.165, 1.54) is 22.2 Å². The molecule has 0 radical (unpaired) electrons. The summed E-state index contributed by atoms with van der Waals surface area (Å²) < 4.78 is 5.82. The molecule has 2 unspecified atom stereocenters. The van der Waals surface area contributed by atoms with Crippen molar-refractivity contribution < 1.29 is 47.9 Å². The molecular formula is C77H90N16O10. The van der Waals surface area contributed by atoms with E-state index in [9.17, 15) is 43.2 Å². The van der Waals surface area contributed by atoms with Gasteiger partial charge >= 0.3 is 18.2 Å². The Labute approximate surface area is 599 Å². The molecule has 11 amide bonds. The third-order valence-electron chi connectivity index (χ3n) is 19.2. The van der Waals surface area contributed by atoms with Crippen LogP contribution in [0, 0.1) is 23.7 Å². The van der Waals surface area contributed by atoms with Crippen molar-refractivity contribution in [3.05, 3.63) is 191 Å². The largest absolute Gasteiger partial charge is 0.449 e. The van der Waals surface area contributed by atoms with Gasteiger partial charge < -0.3 is 42.4 Å². The Balaban J connectivity index is 0.000000234. The molecule has 2 fully saturated rings. The van der Waals surface area contributed by atoms with Crippen LogP contribution >= 0.6 is 0 Å². The molecular weight excluding hydrogens is 1310 g/mol. The van der Waals surface area contributed by atoms with Gasteiger partial charge in [-0.15, -0.1) is 0 Å². The summed E-state index contributed by atoms with van der Waals surface area (Å²) in [5, 5.41) is 27.6. The Kier molecular flexibility index (Phi) is 26.2. The van der Waals surface area contributed by atoms with Crippen LogP contribution in [0.4, 0.5) is 25.8 Å². The minimum Gasteiger partial charge on any atom is -0.449 e. The van der Waals surface area contributed by atoms with Gasteiger partial charge in [0, 0.05) is 79.6 Å². The lowest BCUT2D eigenvalue weighted by Crippen LogP contribution is -2.51. The third kappa shape index (κ3) is 19.4. The van der Waals surface area contributed by atoms with Crippen LogP contribution in [0.2, 0.25) is 0 Å². The van der Waals surface area contributed by atoms with E-state index in [-0.39, 0.29) is 48.6 Å². The van der Waals surface area contributed by atoms with E-state index in [1.54, 1.807) is 38.4 Å². The zero-order valence-corrected chi connectivity index (χ0v) is 58.3. The Hall–Kier alpha value is -11.4. The molecule has 26 heteroatoms. The SMILES string of the molecule is CC[C@@H](/C=N/NC(=O)NCC1CCC(C(=O)NC)CC1)NC(=O)CN1C(=O)C(N)N=C(c2ccccc2)c2ccccc21.CC[C@@H](/C=N/NC(=O)NCC1CCC(C(=O)NC)CC1)NC(=O)CN1C(=O)C(NC(=O)OCC2c3ccccc3-c3ccccc32)N=C(c2ccccc2)c2ccccc21. The number of carbonyl (C=O) groups excluding carboxylic acids is 9. The van der Waals surface area contributed by atoms with Crippen molar-refractivity contribution in [1.82, 2.24) is 48.1 Å². The number of carbonyl (C=O) groups is 9. The Bertz CT molecular complexity index is 4090. The van der Waals surface area contributed by atoms with Crippen LogP contribution in [0.3, 0.4) is 0 Å². The molecule has 538 valence electrons. The number of para-hydroxylation sites is 2. The summed E-state index contributed by atoms with van der Waals surface area (Å²) in [4.78, 5) is 129. The van der Waals surface area contributed by atoms with Crippen LogP contribution in [-0.2, 0) is 33.5 Å². The van der Waals surface area contributed by atoms with Crippen LogP contribution in [0.25, 0.3) is 11.1 Å². The van der Waals surface area contributed by atoms with E-state index in [0.717, 1.165) is 84.7 Å². The predicted octanol–water partition coefficient (Wildman–Crippen LogP) is 7.36. The number of hydrogen-bond donors (Lipinski definition) is 10. The fourth-order valence-corrected chi connectivity index (χ4v) is 13.6. The normalized spacial score (nSPS) is 19.7. The summed E-state index contributed by atoms with van der Waals surface area (Å²) in [6.07, 6.45) is 7.07. The number of urea groups is 2.